The van der Waals surface area contributed by atoms with Crippen LogP contribution in [-0.2, 0) is 23.5 Å². The van der Waals surface area contributed by atoms with Crippen molar-refractivity contribution in [3.8, 4) is 0 Å². The lowest BCUT2D eigenvalue weighted by molar-refractivity contribution is -0.139. The number of nitrogens with one attached hydrogen (secondary N) is 1. The number of piperazine rings is 1. The van der Waals surface area contributed by atoms with Gasteiger partial charge in [-0.25, -0.2) is 9.78 Å². The number of anilines is 1. The second kappa shape index (κ2) is 9.32. The lowest BCUT2D eigenvalue weighted by Crippen LogP contribution is -2.49. The van der Waals surface area contributed by atoms with Gasteiger partial charge in [-0.1, -0.05) is 0 Å². The van der Waals surface area contributed by atoms with Gasteiger partial charge in [-0.15, -0.1) is 0 Å². The summed E-state index contributed by atoms with van der Waals surface area (Å²) in [5, 5.41) is 0. The largest absolute Gasteiger partial charge is 0.449 e. The van der Waals surface area contributed by atoms with Crippen molar-refractivity contribution in [2.24, 2.45) is 0 Å². The van der Waals surface area contributed by atoms with Crippen molar-refractivity contribution in [1.29, 1.82) is 0 Å². The number of aromatic amines is 1. The predicted octanol–water partition coefficient (Wildman–Crippen LogP) is 3.62. The minimum atomic E-state index is -4.79. The first-order valence-corrected chi connectivity index (χ1v) is 9.85. The van der Waals surface area contributed by atoms with E-state index < -0.39 is 35.1 Å². The molecule has 3 rings (SSSR count). The molecule has 2 aromatic rings. The molecule has 0 radical (unpaired) electrons. The molecular formula is C20H20F6N4O3. The van der Waals surface area contributed by atoms with Crippen LogP contribution >= 0.6 is 0 Å². The zero-order chi connectivity index (χ0) is 24.4. The zero-order valence-corrected chi connectivity index (χ0v) is 17.4. The Balaban J connectivity index is 1.51. The van der Waals surface area contributed by atoms with Gasteiger partial charge in [0.1, 0.15) is 11.4 Å². The Morgan fingerprint density at radius 1 is 1.09 bits per heavy atom. The summed E-state index contributed by atoms with van der Waals surface area (Å²) in [6, 6.07) is 1.73. The van der Waals surface area contributed by atoms with Gasteiger partial charge in [0.25, 0.3) is 5.56 Å². The van der Waals surface area contributed by atoms with Crippen LogP contribution in [0.3, 0.4) is 0 Å². The molecule has 33 heavy (non-hydrogen) atoms. The Labute approximate surface area is 184 Å². The van der Waals surface area contributed by atoms with E-state index in [0.717, 1.165) is 18.5 Å². The molecule has 1 saturated heterocycles. The van der Waals surface area contributed by atoms with Crippen LogP contribution in [0.25, 0.3) is 0 Å². The highest BCUT2D eigenvalue weighted by atomic mass is 19.4. The number of alkyl halides is 6. The standard InChI is InChI=1S/C20H20F6N4O3/c1-12-8-14(19(21,22)23)11-27-16(12)29-3-5-30(6-4-29)18(32)33-7-2-13-9-15(20(24,25)26)17(31)28-10-13/h8-11H,2-7H2,1H3,(H,28,31). The SMILES string of the molecule is Cc1cc(C(F)(F)F)cnc1N1CCN(C(=O)OCCc2c[nH]c(=O)c(C(F)(F)F)c2)CC1. The van der Waals surface area contributed by atoms with Crippen LogP contribution in [0.5, 0.6) is 0 Å². The smallest absolute Gasteiger partial charge is 0.421 e. The van der Waals surface area contributed by atoms with E-state index in [1.807, 2.05) is 4.98 Å². The molecule has 7 nitrogen and oxygen atoms in total. The van der Waals surface area contributed by atoms with Crippen LogP contribution in [0.2, 0.25) is 0 Å². The first-order valence-electron chi connectivity index (χ1n) is 9.85. The maximum Gasteiger partial charge on any atom is 0.421 e. The van der Waals surface area contributed by atoms with E-state index in [2.05, 4.69) is 4.98 Å². The maximum absolute atomic E-state index is 12.8. The second-order valence-corrected chi connectivity index (χ2v) is 7.45. The molecule has 1 fully saturated rings. The summed E-state index contributed by atoms with van der Waals surface area (Å²) in [5.41, 5.74) is -2.90. The molecule has 2 aromatic heterocycles. The van der Waals surface area contributed by atoms with Crippen molar-refractivity contribution < 1.29 is 35.9 Å². The molecule has 0 atom stereocenters. The molecule has 0 aromatic carbocycles. The lowest BCUT2D eigenvalue weighted by Gasteiger charge is -2.35. The van der Waals surface area contributed by atoms with Gasteiger partial charge in [-0.05, 0) is 30.2 Å². The summed E-state index contributed by atoms with van der Waals surface area (Å²) >= 11 is 0. The molecule has 0 spiro atoms. The number of nitrogens with zero attached hydrogens (tertiary/aromatic N) is 3. The van der Waals surface area contributed by atoms with Gasteiger partial charge in [-0.2, -0.15) is 26.3 Å². The summed E-state index contributed by atoms with van der Waals surface area (Å²) in [6.07, 6.45) is -8.07. The first-order chi connectivity index (χ1) is 15.4. The highest BCUT2D eigenvalue weighted by Gasteiger charge is 2.34. The molecule has 0 aliphatic carbocycles. The van der Waals surface area contributed by atoms with Crippen LogP contribution < -0.4 is 10.5 Å². The lowest BCUT2D eigenvalue weighted by atomic mass is 10.1. The number of H-pyrrole nitrogens is 1. The summed E-state index contributed by atoms with van der Waals surface area (Å²) in [5.74, 6) is 0.398. The molecule has 13 heteroatoms. The number of carbonyl (C=O) groups excluding carboxylic acids is 1. The van der Waals surface area contributed by atoms with E-state index >= 15 is 0 Å². The number of aryl methyl sites for hydroxylation is 1. The summed E-state index contributed by atoms with van der Waals surface area (Å²) in [7, 11) is 0. The maximum atomic E-state index is 12.8. The van der Waals surface area contributed by atoms with Crippen LogP contribution in [0, 0.1) is 6.92 Å². The summed E-state index contributed by atoms with van der Waals surface area (Å²) in [4.78, 5) is 32.6. The van der Waals surface area contributed by atoms with Crippen molar-refractivity contribution in [3.05, 3.63) is 57.1 Å². The van der Waals surface area contributed by atoms with Crippen molar-refractivity contribution in [2.75, 3.05) is 37.7 Å². The first kappa shape index (κ1) is 24.4. The van der Waals surface area contributed by atoms with Gasteiger partial charge in [-0.3, -0.25) is 4.79 Å². The molecule has 1 N–H and O–H groups in total. The Morgan fingerprint density at radius 2 is 1.76 bits per heavy atom. The number of hydrogen-bond acceptors (Lipinski definition) is 5. The fraction of sp³-hybridized carbons (Fsp3) is 0.450. The fourth-order valence-electron chi connectivity index (χ4n) is 3.39. The molecular weight excluding hydrogens is 458 g/mol. The predicted molar refractivity (Wildman–Crippen MR) is 105 cm³/mol. The topological polar surface area (TPSA) is 78.5 Å². The third kappa shape index (κ3) is 5.96. The number of rotatable bonds is 4. The quantitative estimate of drug-likeness (QED) is 0.680. The van der Waals surface area contributed by atoms with Crippen molar-refractivity contribution in [1.82, 2.24) is 14.9 Å². The van der Waals surface area contributed by atoms with E-state index in [4.69, 9.17) is 4.74 Å². The van der Waals surface area contributed by atoms with E-state index in [1.165, 1.54) is 11.8 Å². The molecule has 1 aliphatic heterocycles. The number of halogens is 6. The fourth-order valence-corrected chi connectivity index (χ4v) is 3.39. The van der Waals surface area contributed by atoms with Crippen LogP contribution in [0.4, 0.5) is 37.0 Å². The zero-order valence-electron chi connectivity index (χ0n) is 17.4. The molecule has 1 amide bonds. The van der Waals surface area contributed by atoms with Crippen molar-refractivity contribution >= 4 is 11.9 Å². The Kier molecular flexibility index (Phi) is 6.89. The third-order valence-corrected chi connectivity index (χ3v) is 5.10. The molecule has 3 heterocycles. The number of carbonyl (C=O) groups is 1. The number of aromatic nitrogens is 2. The normalized spacial score (nSPS) is 15.0. The van der Waals surface area contributed by atoms with Crippen LogP contribution in [-0.4, -0.2) is 53.7 Å². The van der Waals surface area contributed by atoms with Crippen molar-refractivity contribution in [3.63, 3.8) is 0 Å². The van der Waals surface area contributed by atoms with E-state index in [-0.39, 0.29) is 31.7 Å². The van der Waals surface area contributed by atoms with Gasteiger partial charge >= 0.3 is 18.4 Å². The molecule has 0 saturated carbocycles. The number of hydrogen-bond donors (Lipinski definition) is 1. The number of pyridine rings is 2. The Morgan fingerprint density at radius 3 is 2.33 bits per heavy atom. The van der Waals surface area contributed by atoms with Gasteiger partial charge in [0.15, 0.2) is 0 Å². The van der Waals surface area contributed by atoms with Gasteiger partial charge in [0.2, 0.25) is 0 Å². The average Bonchev–Trinajstić information content (AvgIpc) is 2.73. The van der Waals surface area contributed by atoms with E-state index in [1.54, 1.807) is 4.90 Å². The second-order valence-electron chi connectivity index (χ2n) is 7.45. The van der Waals surface area contributed by atoms with Gasteiger partial charge in [0.05, 0.1) is 12.2 Å². The molecule has 0 bridgehead atoms. The van der Waals surface area contributed by atoms with E-state index in [0.29, 0.717) is 30.5 Å². The van der Waals surface area contributed by atoms with Crippen LogP contribution in [0.1, 0.15) is 22.3 Å². The highest BCUT2D eigenvalue weighted by molar-refractivity contribution is 5.68. The highest BCUT2D eigenvalue weighted by Crippen LogP contribution is 2.31. The summed E-state index contributed by atoms with van der Waals surface area (Å²) in [6.45, 7) is 2.45. The van der Waals surface area contributed by atoms with Gasteiger partial charge in [0, 0.05) is 45.0 Å². The van der Waals surface area contributed by atoms with E-state index in [9.17, 15) is 35.9 Å². The average molecular weight is 478 g/mol. The third-order valence-electron chi connectivity index (χ3n) is 5.10. The molecule has 180 valence electrons. The minimum Gasteiger partial charge on any atom is -0.449 e. The Bertz CT molecular complexity index is 1060. The Hall–Kier alpha value is -3.25. The number of ether oxygens (including phenoxy) is 1. The molecule has 1 aliphatic rings. The summed E-state index contributed by atoms with van der Waals surface area (Å²) < 4.78 is 81.9. The minimum absolute atomic E-state index is 0.0275. The van der Waals surface area contributed by atoms with Crippen LogP contribution in [0.15, 0.2) is 29.3 Å². The van der Waals surface area contributed by atoms with Gasteiger partial charge < -0.3 is 19.5 Å². The monoisotopic (exact) mass is 478 g/mol. The molecule has 0 unspecified atom stereocenters. The van der Waals surface area contributed by atoms with Crippen molar-refractivity contribution in [2.45, 2.75) is 25.7 Å². The number of amides is 1.